The first-order valence-electron chi connectivity index (χ1n) is 9.92. The van der Waals surface area contributed by atoms with Gasteiger partial charge in [-0.05, 0) is 80.5 Å². The van der Waals surface area contributed by atoms with E-state index in [1.807, 2.05) is 39.8 Å². The summed E-state index contributed by atoms with van der Waals surface area (Å²) in [4.78, 5) is 0.438. The lowest BCUT2D eigenvalue weighted by Crippen LogP contribution is -2.39. The second-order valence-electron chi connectivity index (χ2n) is 8.13. The molecule has 0 bridgehead atoms. The number of rotatable bonds is 6. The number of aryl methyl sites for hydroxylation is 2. The Balaban J connectivity index is 1.92. The van der Waals surface area contributed by atoms with Crippen LogP contribution in [0.15, 0.2) is 35.2 Å². The van der Waals surface area contributed by atoms with Crippen molar-refractivity contribution in [3.05, 3.63) is 58.1 Å². The average molecular weight is 402 g/mol. The van der Waals surface area contributed by atoms with Crippen molar-refractivity contribution in [2.75, 3.05) is 13.7 Å². The van der Waals surface area contributed by atoms with E-state index in [1.165, 1.54) is 5.56 Å². The molecule has 1 aliphatic rings. The van der Waals surface area contributed by atoms with Crippen LogP contribution < -0.4 is 9.46 Å². The first kappa shape index (κ1) is 20.9. The molecule has 0 saturated heterocycles. The molecule has 1 N–H and O–H groups in total. The Morgan fingerprint density at radius 2 is 1.50 bits per heavy atom. The Kier molecular flexibility index (Phi) is 5.87. The van der Waals surface area contributed by atoms with Crippen LogP contribution in [0.1, 0.15) is 53.5 Å². The summed E-state index contributed by atoms with van der Waals surface area (Å²) in [5, 5.41) is 0. The maximum absolute atomic E-state index is 13.3. The Hall–Kier alpha value is -1.85. The molecule has 0 spiro atoms. The normalized spacial score (nSPS) is 16.3. The number of hydrogen-bond acceptors (Lipinski definition) is 3. The predicted molar refractivity (Wildman–Crippen MR) is 114 cm³/mol. The summed E-state index contributed by atoms with van der Waals surface area (Å²) in [6.07, 6.45) is 4.23. The highest BCUT2D eigenvalue weighted by molar-refractivity contribution is 7.89. The van der Waals surface area contributed by atoms with Crippen LogP contribution in [-0.2, 0) is 15.4 Å². The van der Waals surface area contributed by atoms with Crippen molar-refractivity contribution in [2.24, 2.45) is 0 Å². The molecule has 0 amide bonds. The SMILES string of the molecule is COc1ccc(C2(CNS(=O)(=O)c3c(C)c(C)cc(C)c3C)CCCC2)cc1. The van der Waals surface area contributed by atoms with Gasteiger partial charge in [-0.25, -0.2) is 13.1 Å². The largest absolute Gasteiger partial charge is 0.497 e. The van der Waals surface area contributed by atoms with Gasteiger partial charge in [-0.2, -0.15) is 0 Å². The third kappa shape index (κ3) is 3.83. The van der Waals surface area contributed by atoms with Gasteiger partial charge in [0.15, 0.2) is 0 Å². The summed E-state index contributed by atoms with van der Waals surface area (Å²) in [7, 11) is -1.93. The van der Waals surface area contributed by atoms with E-state index in [0.29, 0.717) is 11.4 Å². The zero-order chi connectivity index (χ0) is 20.5. The van der Waals surface area contributed by atoms with Crippen LogP contribution in [0, 0.1) is 27.7 Å². The topological polar surface area (TPSA) is 55.4 Å². The van der Waals surface area contributed by atoms with E-state index in [4.69, 9.17) is 4.74 Å². The smallest absolute Gasteiger partial charge is 0.241 e. The van der Waals surface area contributed by atoms with E-state index in [-0.39, 0.29) is 5.41 Å². The van der Waals surface area contributed by atoms with Crippen molar-refractivity contribution in [3.63, 3.8) is 0 Å². The minimum absolute atomic E-state index is 0.153. The molecule has 4 nitrogen and oxygen atoms in total. The van der Waals surface area contributed by atoms with Gasteiger partial charge < -0.3 is 4.74 Å². The maximum atomic E-state index is 13.3. The lowest BCUT2D eigenvalue weighted by molar-refractivity contribution is 0.410. The van der Waals surface area contributed by atoms with Gasteiger partial charge in [-0.3, -0.25) is 0 Å². The van der Waals surface area contributed by atoms with Crippen LogP contribution in [0.5, 0.6) is 5.75 Å². The molecule has 0 radical (unpaired) electrons. The van der Waals surface area contributed by atoms with Crippen LogP contribution in [0.3, 0.4) is 0 Å². The highest BCUT2D eigenvalue weighted by atomic mass is 32.2. The molecule has 2 aromatic carbocycles. The van der Waals surface area contributed by atoms with Crippen LogP contribution in [0.2, 0.25) is 0 Å². The van der Waals surface area contributed by atoms with Gasteiger partial charge in [-0.15, -0.1) is 0 Å². The Morgan fingerprint density at radius 3 is 2.00 bits per heavy atom. The molecule has 2 aromatic rings. The Labute approximate surface area is 169 Å². The van der Waals surface area contributed by atoms with Gasteiger partial charge in [-0.1, -0.05) is 31.0 Å². The zero-order valence-electron chi connectivity index (χ0n) is 17.6. The molecular formula is C23H31NO3S. The Bertz CT molecular complexity index is 930. The van der Waals surface area contributed by atoms with E-state index in [0.717, 1.165) is 53.7 Å². The third-order valence-electron chi connectivity index (χ3n) is 6.43. The summed E-state index contributed by atoms with van der Waals surface area (Å²) in [5.74, 6) is 0.818. The lowest BCUT2D eigenvalue weighted by Gasteiger charge is -2.30. The number of nitrogens with one attached hydrogen (secondary N) is 1. The zero-order valence-corrected chi connectivity index (χ0v) is 18.4. The van der Waals surface area contributed by atoms with Gasteiger partial charge in [0.2, 0.25) is 10.0 Å². The summed E-state index contributed by atoms with van der Waals surface area (Å²) in [6.45, 7) is 8.15. The lowest BCUT2D eigenvalue weighted by atomic mass is 9.79. The second-order valence-corrected chi connectivity index (χ2v) is 9.83. The number of sulfonamides is 1. The fourth-order valence-corrected chi connectivity index (χ4v) is 6.19. The van der Waals surface area contributed by atoms with E-state index in [1.54, 1.807) is 7.11 Å². The van der Waals surface area contributed by atoms with Crippen molar-refractivity contribution in [2.45, 2.75) is 63.7 Å². The molecule has 152 valence electrons. The van der Waals surface area contributed by atoms with E-state index in [2.05, 4.69) is 22.9 Å². The van der Waals surface area contributed by atoms with E-state index in [9.17, 15) is 8.42 Å². The molecule has 0 aliphatic heterocycles. The standard InChI is InChI=1S/C23H31NO3S/c1-16-14-17(2)19(4)22(18(16)3)28(25,26)24-15-23(12-6-7-13-23)20-8-10-21(27-5)11-9-20/h8-11,14,24H,6-7,12-13,15H2,1-5H3. The predicted octanol–water partition coefficient (Wildman–Crippen LogP) is 4.72. The van der Waals surface area contributed by atoms with Crippen molar-refractivity contribution in [1.29, 1.82) is 0 Å². The van der Waals surface area contributed by atoms with E-state index >= 15 is 0 Å². The van der Waals surface area contributed by atoms with Crippen LogP contribution in [-0.4, -0.2) is 22.1 Å². The van der Waals surface area contributed by atoms with Crippen molar-refractivity contribution in [3.8, 4) is 5.75 Å². The summed E-state index contributed by atoms with van der Waals surface area (Å²) in [6, 6.07) is 10.1. The number of hydrogen-bond donors (Lipinski definition) is 1. The quantitative estimate of drug-likeness (QED) is 0.762. The van der Waals surface area contributed by atoms with Gasteiger partial charge in [0.1, 0.15) is 5.75 Å². The fraction of sp³-hybridized carbons (Fsp3) is 0.478. The third-order valence-corrected chi connectivity index (χ3v) is 8.10. The fourth-order valence-electron chi connectivity index (χ4n) is 4.45. The molecule has 1 aliphatic carbocycles. The molecule has 3 rings (SSSR count). The minimum atomic E-state index is -3.59. The van der Waals surface area contributed by atoms with Crippen molar-refractivity contribution < 1.29 is 13.2 Å². The molecule has 1 saturated carbocycles. The molecule has 28 heavy (non-hydrogen) atoms. The number of benzene rings is 2. The summed E-state index contributed by atoms with van der Waals surface area (Å²) in [5.41, 5.74) is 4.71. The van der Waals surface area contributed by atoms with Gasteiger partial charge in [0, 0.05) is 12.0 Å². The molecule has 0 atom stereocenters. The molecule has 0 aromatic heterocycles. The number of ether oxygens (including phenoxy) is 1. The van der Waals surface area contributed by atoms with Gasteiger partial charge in [0.25, 0.3) is 0 Å². The van der Waals surface area contributed by atoms with Gasteiger partial charge >= 0.3 is 0 Å². The average Bonchev–Trinajstić information content (AvgIpc) is 3.15. The molecule has 5 heteroatoms. The first-order chi connectivity index (χ1) is 13.2. The van der Waals surface area contributed by atoms with Crippen LogP contribution in [0.25, 0.3) is 0 Å². The van der Waals surface area contributed by atoms with Crippen LogP contribution >= 0.6 is 0 Å². The molecular weight excluding hydrogens is 370 g/mol. The van der Waals surface area contributed by atoms with Gasteiger partial charge in [0.05, 0.1) is 12.0 Å². The highest BCUT2D eigenvalue weighted by Gasteiger charge is 2.37. The van der Waals surface area contributed by atoms with Crippen LogP contribution in [0.4, 0.5) is 0 Å². The number of methoxy groups -OCH3 is 1. The summed E-state index contributed by atoms with van der Waals surface area (Å²) < 4.78 is 34.8. The minimum Gasteiger partial charge on any atom is -0.497 e. The monoisotopic (exact) mass is 401 g/mol. The molecule has 0 heterocycles. The Morgan fingerprint density at radius 1 is 0.964 bits per heavy atom. The van der Waals surface area contributed by atoms with Crippen molar-refractivity contribution in [1.82, 2.24) is 4.72 Å². The molecule has 1 fully saturated rings. The highest BCUT2D eigenvalue weighted by Crippen LogP contribution is 2.41. The first-order valence-corrected chi connectivity index (χ1v) is 11.4. The van der Waals surface area contributed by atoms with E-state index < -0.39 is 10.0 Å². The summed E-state index contributed by atoms with van der Waals surface area (Å²) >= 11 is 0. The second kappa shape index (κ2) is 7.88. The molecule has 0 unspecified atom stereocenters. The maximum Gasteiger partial charge on any atom is 0.241 e. The van der Waals surface area contributed by atoms with Crippen molar-refractivity contribution >= 4 is 10.0 Å².